The van der Waals surface area contributed by atoms with E-state index in [0.717, 1.165) is 16.8 Å². The molecule has 1 aliphatic heterocycles. The summed E-state index contributed by atoms with van der Waals surface area (Å²) in [6.07, 6.45) is 2.27. The van der Waals surface area contributed by atoms with E-state index in [-0.39, 0.29) is 23.5 Å². The van der Waals surface area contributed by atoms with Crippen LogP contribution in [0.25, 0.3) is 11.3 Å². The van der Waals surface area contributed by atoms with Gasteiger partial charge in [0.05, 0.1) is 17.3 Å². The average molecular weight is 447 g/mol. The SMILES string of the molecule is COCCNc1cc(Cl)c2c(c1)CC(C(C)C)n1cc(C(=O)N/C(N)=N\N)c(=O)cc1-2. The number of ether oxygens (including phenoxy) is 1. The predicted octanol–water partition coefficient (Wildman–Crippen LogP) is 1.90. The highest BCUT2D eigenvalue weighted by molar-refractivity contribution is 6.33. The maximum Gasteiger partial charge on any atom is 0.263 e. The predicted molar refractivity (Wildman–Crippen MR) is 122 cm³/mol. The zero-order chi connectivity index (χ0) is 22.7. The van der Waals surface area contributed by atoms with Crippen molar-refractivity contribution in [2.24, 2.45) is 22.6 Å². The van der Waals surface area contributed by atoms with Crippen molar-refractivity contribution < 1.29 is 9.53 Å². The molecule has 10 heteroatoms. The Morgan fingerprint density at radius 1 is 1.39 bits per heavy atom. The maximum atomic E-state index is 12.8. The quantitative estimate of drug-likeness (QED) is 0.176. The molecule has 1 amide bonds. The fourth-order valence-corrected chi connectivity index (χ4v) is 4.14. The van der Waals surface area contributed by atoms with Gasteiger partial charge in [-0.05, 0) is 30.0 Å². The number of benzene rings is 1. The molecule has 0 fully saturated rings. The monoisotopic (exact) mass is 446 g/mol. The van der Waals surface area contributed by atoms with Crippen molar-refractivity contribution in [3.63, 3.8) is 0 Å². The van der Waals surface area contributed by atoms with Crippen LogP contribution < -0.4 is 27.6 Å². The summed E-state index contributed by atoms with van der Waals surface area (Å²) in [7, 11) is 1.65. The molecule has 0 saturated heterocycles. The summed E-state index contributed by atoms with van der Waals surface area (Å²) < 4.78 is 7.04. The summed E-state index contributed by atoms with van der Waals surface area (Å²) in [6.45, 7) is 5.42. The number of anilines is 1. The molecule has 9 nitrogen and oxygen atoms in total. The van der Waals surface area contributed by atoms with Gasteiger partial charge in [-0.1, -0.05) is 25.4 Å². The highest BCUT2D eigenvalue weighted by atomic mass is 35.5. The molecule has 0 aliphatic carbocycles. The molecule has 6 N–H and O–H groups in total. The average Bonchev–Trinajstić information content (AvgIpc) is 2.72. The van der Waals surface area contributed by atoms with E-state index in [1.165, 1.54) is 6.07 Å². The number of pyridine rings is 1. The van der Waals surface area contributed by atoms with Crippen LogP contribution in [-0.2, 0) is 11.2 Å². The van der Waals surface area contributed by atoms with Gasteiger partial charge >= 0.3 is 0 Å². The number of methoxy groups -OCH3 is 1. The minimum Gasteiger partial charge on any atom is -0.383 e. The Morgan fingerprint density at radius 2 is 2.13 bits per heavy atom. The molecule has 2 heterocycles. The van der Waals surface area contributed by atoms with Crippen LogP contribution in [0.2, 0.25) is 5.02 Å². The Hall–Kier alpha value is -3.04. The Bertz CT molecular complexity index is 1080. The molecule has 0 spiro atoms. The largest absolute Gasteiger partial charge is 0.383 e. The van der Waals surface area contributed by atoms with E-state index in [9.17, 15) is 9.59 Å². The van der Waals surface area contributed by atoms with Crippen LogP contribution in [0.4, 0.5) is 5.69 Å². The van der Waals surface area contributed by atoms with Crippen molar-refractivity contribution in [2.75, 3.05) is 25.6 Å². The Balaban J connectivity index is 2.11. The minimum absolute atomic E-state index is 0.0282. The first-order valence-electron chi connectivity index (χ1n) is 9.93. The fraction of sp³-hybridized carbons (Fsp3) is 0.381. The number of guanidine groups is 1. The molecular weight excluding hydrogens is 420 g/mol. The summed E-state index contributed by atoms with van der Waals surface area (Å²) in [5.74, 6) is 4.38. The molecule has 3 rings (SSSR count). The second-order valence-corrected chi connectivity index (χ2v) is 8.15. The highest BCUT2D eigenvalue weighted by Crippen LogP contribution is 2.42. The van der Waals surface area contributed by atoms with Crippen LogP contribution in [0.3, 0.4) is 0 Å². The molecule has 2 aromatic rings. The van der Waals surface area contributed by atoms with Gasteiger partial charge in [-0.15, -0.1) is 5.10 Å². The van der Waals surface area contributed by atoms with Gasteiger partial charge in [-0.3, -0.25) is 14.9 Å². The summed E-state index contributed by atoms with van der Waals surface area (Å²) in [4.78, 5) is 25.3. The third kappa shape index (κ3) is 4.67. The first-order valence-corrected chi connectivity index (χ1v) is 10.3. The van der Waals surface area contributed by atoms with Crippen LogP contribution >= 0.6 is 11.6 Å². The second-order valence-electron chi connectivity index (χ2n) is 7.74. The van der Waals surface area contributed by atoms with Crippen LogP contribution in [-0.4, -0.2) is 36.7 Å². The molecule has 1 unspecified atom stereocenters. The maximum absolute atomic E-state index is 12.8. The van der Waals surface area contributed by atoms with Crippen molar-refractivity contribution in [2.45, 2.75) is 26.3 Å². The van der Waals surface area contributed by atoms with E-state index in [0.29, 0.717) is 30.3 Å². The number of nitrogens with two attached hydrogens (primary N) is 2. The van der Waals surface area contributed by atoms with Crippen LogP contribution in [0.5, 0.6) is 0 Å². The van der Waals surface area contributed by atoms with Crippen LogP contribution in [0.15, 0.2) is 34.3 Å². The molecule has 0 bridgehead atoms. The summed E-state index contributed by atoms with van der Waals surface area (Å²) in [5, 5.41) is 9.35. The topological polar surface area (TPSA) is 137 Å². The van der Waals surface area contributed by atoms with Gasteiger partial charge in [0.1, 0.15) is 5.56 Å². The van der Waals surface area contributed by atoms with E-state index in [2.05, 4.69) is 35.6 Å². The number of nitrogens with zero attached hydrogens (tertiary/aromatic N) is 2. The highest BCUT2D eigenvalue weighted by Gasteiger charge is 2.29. The summed E-state index contributed by atoms with van der Waals surface area (Å²) in [6, 6.07) is 5.36. The minimum atomic E-state index is -0.663. The van der Waals surface area contributed by atoms with E-state index >= 15 is 0 Å². The molecule has 1 aromatic heterocycles. The lowest BCUT2D eigenvalue weighted by Gasteiger charge is -2.34. The zero-order valence-corrected chi connectivity index (χ0v) is 18.5. The Labute approximate surface area is 185 Å². The normalized spacial score (nSPS) is 15.4. The van der Waals surface area contributed by atoms with E-state index in [1.807, 2.05) is 10.6 Å². The number of rotatable bonds is 6. The first-order chi connectivity index (χ1) is 14.8. The molecule has 31 heavy (non-hydrogen) atoms. The van der Waals surface area contributed by atoms with Crippen molar-refractivity contribution >= 4 is 29.2 Å². The van der Waals surface area contributed by atoms with Gasteiger partial charge in [-0.2, -0.15) is 0 Å². The third-order valence-electron chi connectivity index (χ3n) is 5.32. The van der Waals surface area contributed by atoms with Crippen molar-refractivity contribution in [3.05, 3.63) is 50.8 Å². The van der Waals surface area contributed by atoms with Crippen molar-refractivity contribution in [1.82, 2.24) is 9.88 Å². The standard InChI is InChI=1S/C21H27ClN6O3/c1-11(2)16-7-12-6-13(25-4-5-31-3)8-15(22)19(12)17-9-18(29)14(10-28(16)17)20(30)26-21(23)27-24/h6,8-11,16,25H,4-5,7,24H2,1-3H3,(H3,23,26,27,30). The smallest absolute Gasteiger partial charge is 0.263 e. The number of aromatic nitrogens is 1. The fourth-order valence-electron chi connectivity index (χ4n) is 3.80. The number of hydrazone groups is 1. The van der Waals surface area contributed by atoms with Gasteiger partial charge in [0.15, 0.2) is 5.43 Å². The number of carbonyl (C=O) groups is 1. The van der Waals surface area contributed by atoms with Gasteiger partial charge in [0.25, 0.3) is 5.91 Å². The van der Waals surface area contributed by atoms with Crippen LogP contribution in [0.1, 0.15) is 35.8 Å². The number of carbonyl (C=O) groups excluding carboxylic acids is 1. The number of hydrogen-bond acceptors (Lipinski definition) is 6. The lowest BCUT2D eigenvalue weighted by molar-refractivity contribution is 0.0974. The lowest BCUT2D eigenvalue weighted by atomic mass is 9.87. The van der Waals surface area contributed by atoms with Crippen molar-refractivity contribution in [3.8, 4) is 11.3 Å². The second kappa shape index (κ2) is 9.40. The van der Waals surface area contributed by atoms with Gasteiger partial charge in [0, 0.05) is 43.2 Å². The third-order valence-corrected chi connectivity index (χ3v) is 5.62. The molecular formula is C21H27ClN6O3. The number of nitrogens with one attached hydrogen (secondary N) is 2. The zero-order valence-electron chi connectivity index (χ0n) is 17.7. The van der Waals surface area contributed by atoms with E-state index in [4.69, 9.17) is 27.9 Å². The number of fused-ring (bicyclic) bond motifs is 3. The molecule has 0 saturated carbocycles. The Morgan fingerprint density at radius 3 is 2.77 bits per heavy atom. The molecule has 1 aliphatic rings. The van der Waals surface area contributed by atoms with E-state index < -0.39 is 11.3 Å². The number of hydrogen-bond donors (Lipinski definition) is 4. The van der Waals surface area contributed by atoms with E-state index in [1.54, 1.807) is 13.3 Å². The molecule has 166 valence electrons. The summed E-state index contributed by atoms with van der Waals surface area (Å²) >= 11 is 6.65. The lowest BCUT2D eigenvalue weighted by Crippen LogP contribution is -2.40. The Kier molecular flexibility index (Phi) is 6.87. The molecule has 1 aromatic carbocycles. The first kappa shape index (κ1) is 22.6. The number of halogens is 1. The van der Waals surface area contributed by atoms with Crippen LogP contribution in [0, 0.1) is 5.92 Å². The molecule has 1 atom stereocenters. The number of amides is 1. The van der Waals surface area contributed by atoms with Gasteiger partial charge in [-0.25, -0.2) is 0 Å². The van der Waals surface area contributed by atoms with Crippen molar-refractivity contribution in [1.29, 1.82) is 0 Å². The molecule has 0 radical (unpaired) electrons. The van der Waals surface area contributed by atoms with Gasteiger partial charge in [0.2, 0.25) is 5.96 Å². The summed E-state index contributed by atoms with van der Waals surface area (Å²) in [5.41, 5.74) is 8.39. The van der Waals surface area contributed by atoms with Gasteiger partial charge < -0.3 is 26.2 Å².